The molecular formula is C17H16BrClN2O4S. The fourth-order valence-corrected chi connectivity index (χ4v) is 4.74. The average Bonchev–Trinajstić information content (AvgIpc) is 3.20. The van der Waals surface area contributed by atoms with E-state index in [0.717, 1.165) is 29.5 Å². The topological polar surface area (TPSA) is 66.9 Å². The van der Waals surface area contributed by atoms with Crippen LogP contribution in [0.25, 0.3) is 6.08 Å². The molecule has 9 heteroatoms. The minimum atomic E-state index is -0.462. The largest absolute Gasteiger partial charge is 0.494 e. The van der Waals surface area contributed by atoms with E-state index in [-0.39, 0.29) is 17.4 Å². The Labute approximate surface area is 168 Å². The second kappa shape index (κ2) is 8.02. The summed E-state index contributed by atoms with van der Waals surface area (Å²) in [5.41, 5.74) is 0.652. The number of nitrogens with zero attached hydrogens (tertiary/aromatic N) is 2. The molecule has 3 rings (SSSR count). The molecule has 6 nitrogen and oxygen atoms in total. The molecule has 2 heterocycles. The number of hydrogen-bond donors (Lipinski definition) is 0. The lowest BCUT2D eigenvalue weighted by Gasteiger charge is -2.18. The van der Waals surface area contributed by atoms with Gasteiger partial charge < -0.3 is 9.64 Å². The Hall–Kier alpha value is -1.51. The van der Waals surface area contributed by atoms with Gasteiger partial charge in [-0.05, 0) is 64.3 Å². The molecule has 0 N–H and O–H groups in total. The van der Waals surface area contributed by atoms with Gasteiger partial charge in [0.05, 0.1) is 21.5 Å². The van der Waals surface area contributed by atoms with Crippen LogP contribution in [0, 0.1) is 0 Å². The van der Waals surface area contributed by atoms with Crippen molar-refractivity contribution in [2.24, 2.45) is 0 Å². The molecular weight excluding hydrogens is 444 g/mol. The number of amides is 3. The maximum absolute atomic E-state index is 12.5. The zero-order valence-electron chi connectivity index (χ0n) is 14.0. The quantitative estimate of drug-likeness (QED) is 0.641. The minimum Gasteiger partial charge on any atom is -0.494 e. The van der Waals surface area contributed by atoms with E-state index in [1.807, 2.05) is 0 Å². The predicted octanol–water partition coefficient (Wildman–Crippen LogP) is 3.77. The number of carbonyl (C=O) groups excluding carboxylic acids is 3. The fourth-order valence-electron chi connectivity index (χ4n) is 2.85. The molecule has 26 heavy (non-hydrogen) atoms. The van der Waals surface area contributed by atoms with Crippen molar-refractivity contribution in [3.63, 3.8) is 0 Å². The normalized spacial score (nSPS) is 19.0. The molecule has 2 aliphatic rings. The molecule has 0 saturated carbocycles. The maximum Gasteiger partial charge on any atom is 0.294 e. The molecule has 0 radical (unpaired) electrons. The Kier molecular flexibility index (Phi) is 5.94. The Morgan fingerprint density at radius 1 is 1.35 bits per heavy atom. The van der Waals surface area contributed by atoms with E-state index in [0.29, 0.717) is 33.9 Å². The van der Waals surface area contributed by atoms with Gasteiger partial charge in [0.15, 0.2) is 5.75 Å². The second-order valence-electron chi connectivity index (χ2n) is 5.87. The first-order chi connectivity index (χ1) is 12.4. The van der Waals surface area contributed by atoms with Crippen LogP contribution in [0.15, 0.2) is 21.5 Å². The van der Waals surface area contributed by atoms with Crippen molar-refractivity contribution in [3.8, 4) is 5.75 Å². The van der Waals surface area contributed by atoms with Gasteiger partial charge in [-0.25, -0.2) is 0 Å². The van der Waals surface area contributed by atoms with E-state index in [2.05, 4.69) is 15.9 Å². The SMILES string of the molecule is COc1c(Cl)cc(/C=C2/SC(=O)N(CC(=O)N3CCCC3)C2=O)cc1Br. The summed E-state index contributed by atoms with van der Waals surface area (Å²) >= 11 is 10.3. The number of carbonyl (C=O) groups is 3. The Morgan fingerprint density at radius 3 is 2.65 bits per heavy atom. The van der Waals surface area contributed by atoms with Gasteiger partial charge in [0.2, 0.25) is 5.91 Å². The molecule has 0 spiro atoms. The van der Waals surface area contributed by atoms with Gasteiger partial charge in [0.25, 0.3) is 11.1 Å². The molecule has 2 saturated heterocycles. The summed E-state index contributed by atoms with van der Waals surface area (Å²) in [6, 6.07) is 3.39. The first kappa shape index (κ1) is 19.3. The Bertz CT molecular complexity index is 785. The highest BCUT2D eigenvalue weighted by atomic mass is 79.9. The highest BCUT2D eigenvalue weighted by Crippen LogP contribution is 2.37. The van der Waals surface area contributed by atoms with Crippen molar-refractivity contribution in [1.29, 1.82) is 0 Å². The number of hydrogen-bond acceptors (Lipinski definition) is 5. The summed E-state index contributed by atoms with van der Waals surface area (Å²) in [7, 11) is 1.51. The smallest absolute Gasteiger partial charge is 0.294 e. The number of benzene rings is 1. The summed E-state index contributed by atoms with van der Waals surface area (Å²) in [6.07, 6.45) is 3.50. The zero-order valence-corrected chi connectivity index (χ0v) is 17.1. The van der Waals surface area contributed by atoms with E-state index in [4.69, 9.17) is 16.3 Å². The zero-order chi connectivity index (χ0) is 18.8. The number of thioether (sulfide) groups is 1. The van der Waals surface area contributed by atoms with Crippen molar-refractivity contribution in [2.75, 3.05) is 26.7 Å². The van der Waals surface area contributed by atoms with Gasteiger partial charge in [0.1, 0.15) is 6.54 Å². The number of imide groups is 1. The van der Waals surface area contributed by atoms with E-state index in [1.54, 1.807) is 23.1 Å². The summed E-state index contributed by atoms with van der Waals surface area (Å²) in [6.45, 7) is 1.15. The number of methoxy groups -OCH3 is 1. The van der Waals surface area contributed by atoms with Crippen molar-refractivity contribution < 1.29 is 19.1 Å². The summed E-state index contributed by atoms with van der Waals surface area (Å²) < 4.78 is 5.81. The number of ether oxygens (including phenoxy) is 1. The van der Waals surface area contributed by atoms with Gasteiger partial charge in [-0.2, -0.15) is 0 Å². The van der Waals surface area contributed by atoms with Gasteiger partial charge in [-0.15, -0.1) is 0 Å². The number of rotatable bonds is 4. The van der Waals surface area contributed by atoms with Crippen LogP contribution >= 0.6 is 39.3 Å². The fraction of sp³-hybridized carbons (Fsp3) is 0.353. The van der Waals surface area contributed by atoms with Crippen LogP contribution in [-0.2, 0) is 9.59 Å². The van der Waals surface area contributed by atoms with Crippen LogP contribution in [-0.4, -0.2) is 53.6 Å². The third-order valence-corrected chi connectivity index (χ3v) is 5.93. The molecule has 0 bridgehead atoms. The summed E-state index contributed by atoms with van der Waals surface area (Å²) in [5, 5.41) is -0.0518. The van der Waals surface area contributed by atoms with Crippen LogP contribution in [0.1, 0.15) is 18.4 Å². The molecule has 138 valence electrons. The monoisotopic (exact) mass is 458 g/mol. The van der Waals surface area contributed by atoms with E-state index in [1.165, 1.54) is 7.11 Å². The molecule has 0 atom stereocenters. The van der Waals surface area contributed by atoms with Crippen LogP contribution in [0.4, 0.5) is 4.79 Å². The number of halogens is 2. The van der Waals surface area contributed by atoms with Crippen molar-refractivity contribution in [2.45, 2.75) is 12.8 Å². The van der Waals surface area contributed by atoms with Gasteiger partial charge in [-0.1, -0.05) is 11.6 Å². The van der Waals surface area contributed by atoms with E-state index >= 15 is 0 Å². The molecule has 1 aromatic rings. The van der Waals surface area contributed by atoms with Gasteiger partial charge >= 0.3 is 0 Å². The molecule has 1 aromatic carbocycles. The third-order valence-electron chi connectivity index (χ3n) is 4.15. The Balaban J connectivity index is 1.78. The molecule has 0 unspecified atom stereocenters. The summed E-state index contributed by atoms with van der Waals surface area (Å²) in [5.74, 6) is -0.162. The molecule has 0 aromatic heterocycles. The molecule has 3 amide bonds. The second-order valence-corrected chi connectivity index (χ2v) is 8.13. The van der Waals surface area contributed by atoms with Gasteiger partial charge in [0, 0.05) is 13.1 Å². The van der Waals surface area contributed by atoms with Crippen LogP contribution in [0.5, 0.6) is 5.75 Å². The minimum absolute atomic E-state index is 0.193. The standard InChI is InChI=1S/C17H16BrClN2O4S/c1-25-15-11(18)6-10(7-12(15)19)8-13-16(23)21(17(24)26-13)9-14(22)20-4-2-3-5-20/h6-8H,2-5,9H2,1H3/b13-8+. The molecule has 2 aliphatic heterocycles. The van der Waals surface area contributed by atoms with Crippen molar-refractivity contribution >= 4 is 62.4 Å². The lowest BCUT2D eigenvalue weighted by Crippen LogP contribution is -2.40. The highest BCUT2D eigenvalue weighted by Gasteiger charge is 2.37. The van der Waals surface area contributed by atoms with Crippen LogP contribution < -0.4 is 4.74 Å². The van der Waals surface area contributed by atoms with Gasteiger partial charge in [-0.3, -0.25) is 19.3 Å². The third kappa shape index (κ3) is 3.92. The van der Waals surface area contributed by atoms with Crippen molar-refractivity contribution in [1.82, 2.24) is 9.80 Å². The average molecular weight is 460 g/mol. The van der Waals surface area contributed by atoms with E-state index in [9.17, 15) is 14.4 Å². The van der Waals surface area contributed by atoms with Crippen LogP contribution in [0.3, 0.4) is 0 Å². The number of likely N-dealkylation sites (tertiary alicyclic amines) is 1. The molecule has 2 fully saturated rings. The van der Waals surface area contributed by atoms with Crippen LogP contribution in [0.2, 0.25) is 5.02 Å². The molecule has 0 aliphatic carbocycles. The Morgan fingerprint density at radius 2 is 2.04 bits per heavy atom. The first-order valence-corrected chi connectivity index (χ1v) is 9.95. The lowest BCUT2D eigenvalue weighted by atomic mass is 10.2. The lowest BCUT2D eigenvalue weighted by molar-refractivity contribution is -0.135. The summed E-state index contributed by atoms with van der Waals surface area (Å²) in [4.78, 5) is 39.9. The highest BCUT2D eigenvalue weighted by molar-refractivity contribution is 9.10. The maximum atomic E-state index is 12.5. The van der Waals surface area contributed by atoms with E-state index < -0.39 is 11.1 Å². The first-order valence-electron chi connectivity index (χ1n) is 7.97. The predicted molar refractivity (Wildman–Crippen MR) is 104 cm³/mol. The van der Waals surface area contributed by atoms with Crippen molar-refractivity contribution in [3.05, 3.63) is 32.1 Å².